The number of carbonyl (C=O) groups is 1. The van der Waals surface area contributed by atoms with Crippen LogP contribution in [0.2, 0.25) is 0 Å². The van der Waals surface area contributed by atoms with E-state index in [1.54, 1.807) is 33.1 Å². The first-order valence-electron chi connectivity index (χ1n) is 11.0. The number of anilines is 1. The van der Waals surface area contributed by atoms with Crippen LogP contribution < -0.4 is 24.3 Å². The monoisotopic (exact) mass is 462 g/mol. The van der Waals surface area contributed by atoms with Crippen LogP contribution in [0.4, 0.5) is 5.95 Å². The Hall–Kier alpha value is -4.01. The number of nitrogens with zero attached hydrogens (tertiary/aromatic N) is 3. The predicted octanol–water partition coefficient (Wildman–Crippen LogP) is 4.00. The van der Waals surface area contributed by atoms with Crippen molar-refractivity contribution in [2.75, 3.05) is 33.8 Å². The van der Waals surface area contributed by atoms with Crippen LogP contribution in [0.25, 0.3) is 11.4 Å². The van der Waals surface area contributed by atoms with Gasteiger partial charge in [-0.1, -0.05) is 12.1 Å². The van der Waals surface area contributed by atoms with E-state index in [2.05, 4.69) is 5.32 Å². The number of allylic oxidation sites excluding steroid dienone is 2. The van der Waals surface area contributed by atoms with Crippen LogP contribution in [0.3, 0.4) is 0 Å². The van der Waals surface area contributed by atoms with Crippen LogP contribution in [0.15, 0.2) is 47.7 Å². The fraction of sp³-hybridized carbons (Fsp3) is 0.320. The Morgan fingerprint density at radius 3 is 2.41 bits per heavy atom. The minimum Gasteiger partial charge on any atom is -0.497 e. The fourth-order valence-electron chi connectivity index (χ4n) is 4.61. The largest absolute Gasteiger partial charge is 0.497 e. The van der Waals surface area contributed by atoms with Gasteiger partial charge >= 0.3 is 0 Å². The van der Waals surface area contributed by atoms with Gasteiger partial charge in [0.2, 0.25) is 11.7 Å². The van der Waals surface area contributed by atoms with Crippen molar-refractivity contribution in [3.63, 3.8) is 0 Å². The molecule has 0 unspecified atom stereocenters. The molecule has 1 aliphatic heterocycles. The summed E-state index contributed by atoms with van der Waals surface area (Å²) in [6.07, 6.45) is 2.11. The summed E-state index contributed by atoms with van der Waals surface area (Å²) in [4.78, 5) is 17.8. The van der Waals surface area contributed by atoms with E-state index in [4.69, 9.17) is 29.0 Å². The van der Waals surface area contributed by atoms with E-state index in [9.17, 15) is 4.79 Å². The van der Waals surface area contributed by atoms with Gasteiger partial charge < -0.3 is 24.3 Å². The van der Waals surface area contributed by atoms with Crippen LogP contribution in [0.5, 0.6) is 23.0 Å². The van der Waals surface area contributed by atoms with Crippen molar-refractivity contribution < 1.29 is 23.7 Å². The average Bonchev–Trinajstić information content (AvgIpc) is 3.30. The second-order valence-electron chi connectivity index (χ2n) is 8.09. The number of nitrogens with one attached hydrogen (secondary N) is 1. The second-order valence-corrected chi connectivity index (χ2v) is 8.09. The maximum absolute atomic E-state index is 13.1. The highest BCUT2D eigenvalue weighted by Gasteiger charge is 2.37. The molecular weight excluding hydrogens is 436 g/mol. The Bertz CT molecular complexity index is 1270. The molecule has 3 aromatic rings. The van der Waals surface area contributed by atoms with Crippen molar-refractivity contribution in [3.05, 3.63) is 53.2 Å². The van der Waals surface area contributed by atoms with Gasteiger partial charge in [0.05, 0.1) is 28.4 Å². The molecular formula is C25H26N4O5. The molecule has 1 atom stereocenters. The van der Waals surface area contributed by atoms with E-state index in [0.717, 1.165) is 29.7 Å². The number of Topliss-reactive ketones (excluding diaryl/α,β-unsaturated/α-hetero) is 1. The van der Waals surface area contributed by atoms with Crippen LogP contribution >= 0.6 is 0 Å². The summed E-state index contributed by atoms with van der Waals surface area (Å²) in [5, 5.41) is 8.19. The molecule has 0 saturated heterocycles. The van der Waals surface area contributed by atoms with Gasteiger partial charge in [-0.05, 0) is 42.7 Å². The Morgan fingerprint density at radius 1 is 0.971 bits per heavy atom. The number of methoxy groups -OCH3 is 4. The van der Waals surface area contributed by atoms with E-state index in [0.29, 0.717) is 46.8 Å². The van der Waals surface area contributed by atoms with Gasteiger partial charge in [-0.2, -0.15) is 4.98 Å². The van der Waals surface area contributed by atoms with Gasteiger partial charge in [0.15, 0.2) is 23.1 Å². The zero-order chi connectivity index (χ0) is 23.8. The van der Waals surface area contributed by atoms with Gasteiger partial charge in [-0.3, -0.25) is 4.79 Å². The Kier molecular flexibility index (Phi) is 5.61. The number of carbonyl (C=O) groups excluding carboxylic acids is 1. The molecule has 1 aromatic heterocycles. The lowest BCUT2D eigenvalue weighted by Gasteiger charge is -2.32. The van der Waals surface area contributed by atoms with E-state index < -0.39 is 6.04 Å². The van der Waals surface area contributed by atoms with Crippen LogP contribution in [-0.4, -0.2) is 49.0 Å². The Labute approximate surface area is 197 Å². The summed E-state index contributed by atoms with van der Waals surface area (Å²) in [5.41, 5.74) is 3.24. The first kappa shape index (κ1) is 21.8. The topological polar surface area (TPSA) is 96.7 Å². The van der Waals surface area contributed by atoms with Crippen LogP contribution in [-0.2, 0) is 4.79 Å². The first-order chi connectivity index (χ1) is 16.6. The standard InChI is InChI=1S/C25H26N4O5/c1-31-16-8-5-7-14(11-16)22-21-17(9-6-10-18(21)30)26-25-27-24(28-29(22)25)15-12-19(32-2)23(34-4)20(13-15)33-3/h5,7-8,11-13,22H,6,9-10H2,1-4H3,(H,26,27,28)/t22-/m1/s1. The zero-order valence-electron chi connectivity index (χ0n) is 19.5. The smallest absolute Gasteiger partial charge is 0.226 e. The number of rotatable bonds is 6. The summed E-state index contributed by atoms with van der Waals surface area (Å²) in [6, 6.07) is 10.9. The summed E-state index contributed by atoms with van der Waals surface area (Å²) < 4.78 is 23.7. The van der Waals surface area contributed by atoms with Crippen molar-refractivity contribution in [3.8, 4) is 34.4 Å². The lowest BCUT2D eigenvalue weighted by atomic mass is 9.85. The maximum Gasteiger partial charge on any atom is 0.226 e. The van der Waals surface area contributed by atoms with Gasteiger partial charge in [-0.25, -0.2) is 4.68 Å². The summed E-state index contributed by atoms with van der Waals surface area (Å²) in [7, 11) is 6.32. The van der Waals surface area contributed by atoms with Crippen LogP contribution in [0, 0.1) is 0 Å². The molecule has 2 aliphatic rings. The molecule has 9 nitrogen and oxygen atoms in total. The number of hydrogen-bond acceptors (Lipinski definition) is 8. The summed E-state index contributed by atoms with van der Waals surface area (Å²) in [6.45, 7) is 0. The Morgan fingerprint density at radius 2 is 1.74 bits per heavy atom. The molecule has 0 amide bonds. The predicted molar refractivity (Wildman–Crippen MR) is 126 cm³/mol. The number of benzene rings is 2. The van der Waals surface area contributed by atoms with Gasteiger partial charge in [0.25, 0.3) is 0 Å². The van der Waals surface area contributed by atoms with Gasteiger partial charge in [0, 0.05) is 23.3 Å². The first-order valence-corrected chi connectivity index (χ1v) is 11.0. The zero-order valence-corrected chi connectivity index (χ0v) is 19.5. The number of hydrogen-bond donors (Lipinski definition) is 1. The number of fused-ring (bicyclic) bond motifs is 1. The number of aromatic nitrogens is 3. The maximum atomic E-state index is 13.1. The molecule has 1 aliphatic carbocycles. The molecule has 1 N–H and O–H groups in total. The molecule has 0 fully saturated rings. The molecule has 176 valence electrons. The molecule has 0 bridgehead atoms. The lowest BCUT2D eigenvalue weighted by Crippen LogP contribution is -2.31. The van der Waals surface area contributed by atoms with Gasteiger partial charge in [0.1, 0.15) is 11.8 Å². The number of ether oxygens (including phenoxy) is 4. The van der Waals surface area contributed by atoms with Crippen LogP contribution in [0.1, 0.15) is 30.9 Å². The SMILES string of the molecule is COc1cccc([C@@H]2C3=C(CCCC3=O)Nc3nc(-c4cc(OC)c(OC)c(OC)c4)nn32)c1. The molecule has 5 rings (SSSR count). The molecule has 2 heterocycles. The second kappa shape index (κ2) is 8.74. The fourth-order valence-corrected chi connectivity index (χ4v) is 4.61. The number of ketones is 1. The van der Waals surface area contributed by atoms with E-state index >= 15 is 0 Å². The highest BCUT2D eigenvalue weighted by molar-refractivity contribution is 5.99. The molecule has 0 radical (unpaired) electrons. The van der Waals surface area contributed by atoms with Crippen molar-refractivity contribution in [2.24, 2.45) is 0 Å². The van der Waals surface area contributed by atoms with Crippen molar-refractivity contribution in [1.82, 2.24) is 14.8 Å². The van der Waals surface area contributed by atoms with Crippen molar-refractivity contribution >= 4 is 11.7 Å². The highest BCUT2D eigenvalue weighted by Crippen LogP contribution is 2.43. The van der Waals surface area contributed by atoms with E-state index in [1.807, 2.05) is 36.4 Å². The summed E-state index contributed by atoms with van der Waals surface area (Å²) in [5.74, 6) is 3.40. The molecule has 2 aromatic carbocycles. The van der Waals surface area contributed by atoms with Gasteiger partial charge in [-0.15, -0.1) is 5.10 Å². The molecule has 0 spiro atoms. The third-order valence-corrected chi connectivity index (χ3v) is 6.20. The third-order valence-electron chi connectivity index (χ3n) is 6.20. The highest BCUT2D eigenvalue weighted by atomic mass is 16.5. The minimum absolute atomic E-state index is 0.122. The third kappa shape index (κ3) is 3.53. The average molecular weight is 463 g/mol. The Balaban J connectivity index is 1.67. The molecule has 0 saturated carbocycles. The summed E-state index contributed by atoms with van der Waals surface area (Å²) >= 11 is 0. The normalized spacial score (nSPS) is 16.9. The van der Waals surface area contributed by atoms with Crippen molar-refractivity contribution in [1.29, 1.82) is 0 Å². The minimum atomic E-state index is -0.405. The molecule has 34 heavy (non-hydrogen) atoms. The van der Waals surface area contributed by atoms with E-state index in [1.165, 1.54) is 0 Å². The van der Waals surface area contributed by atoms with E-state index in [-0.39, 0.29) is 5.78 Å². The quantitative estimate of drug-likeness (QED) is 0.587. The van der Waals surface area contributed by atoms with Crippen molar-refractivity contribution in [2.45, 2.75) is 25.3 Å². The molecule has 9 heteroatoms. The lowest BCUT2D eigenvalue weighted by molar-refractivity contribution is -0.116.